The first-order valence-corrected chi connectivity index (χ1v) is 9.56. The number of hydrogen-bond acceptors (Lipinski definition) is 4. The average Bonchev–Trinajstić information content (AvgIpc) is 2.70. The van der Waals surface area contributed by atoms with Crippen molar-refractivity contribution in [1.82, 2.24) is 9.97 Å². The molecule has 0 saturated heterocycles. The second-order valence-corrected chi connectivity index (χ2v) is 7.34. The highest BCUT2D eigenvalue weighted by Crippen LogP contribution is 2.23. The average molecular weight is 372 g/mol. The molecule has 0 bridgehead atoms. The van der Waals surface area contributed by atoms with E-state index in [1.54, 1.807) is 6.07 Å². The van der Waals surface area contributed by atoms with E-state index in [2.05, 4.69) is 44.5 Å². The smallest absolute Gasteiger partial charge is 0.274 e. The van der Waals surface area contributed by atoms with Crippen LogP contribution >= 0.6 is 0 Å². The van der Waals surface area contributed by atoms with Crippen LogP contribution in [0.3, 0.4) is 0 Å². The number of aryl methyl sites for hydroxylation is 2. The fourth-order valence-electron chi connectivity index (χ4n) is 3.55. The van der Waals surface area contributed by atoms with Crippen LogP contribution in [0.25, 0.3) is 0 Å². The molecule has 1 aliphatic heterocycles. The summed E-state index contributed by atoms with van der Waals surface area (Å²) < 4.78 is 0. The molecular formula is C23H24N4O. The lowest BCUT2D eigenvalue weighted by Crippen LogP contribution is -2.32. The largest absolute Gasteiger partial charge is 0.336 e. The van der Waals surface area contributed by atoms with E-state index in [0.717, 1.165) is 42.0 Å². The molecule has 4 rings (SSSR count). The van der Waals surface area contributed by atoms with Gasteiger partial charge in [0.2, 0.25) is 5.95 Å². The fraction of sp³-hybridized carbons (Fsp3) is 0.261. The third-order valence-corrected chi connectivity index (χ3v) is 5.34. The Labute approximate surface area is 165 Å². The highest BCUT2D eigenvalue weighted by atomic mass is 16.1. The number of amides is 1. The molecule has 2 heterocycles. The summed E-state index contributed by atoms with van der Waals surface area (Å²) in [7, 11) is 0. The third kappa shape index (κ3) is 3.60. The Kier molecular flexibility index (Phi) is 4.82. The van der Waals surface area contributed by atoms with E-state index in [1.807, 2.05) is 39.0 Å². The predicted molar refractivity (Wildman–Crippen MR) is 112 cm³/mol. The van der Waals surface area contributed by atoms with E-state index in [0.29, 0.717) is 11.6 Å². The molecule has 142 valence electrons. The van der Waals surface area contributed by atoms with Crippen molar-refractivity contribution in [3.05, 3.63) is 82.2 Å². The monoisotopic (exact) mass is 372 g/mol. The number of carbonyl (C=O) groups is 1. The van der Waals surface area contributed by atoms with Crippen molar-refractivity contribution in [1.29, 1.82) is 0 Å². The van der Waals surface area contributed by atoms with E-state index in [-0.39, 0.29) is 5.91 Å². The van der Waals surface area contributed by atoms with Crippen molar-refractivity contribution in [2.45, 2.75) is 33.7 Å². The lowest BCUT2D eigenvalue weighted by Gasteiger charge is -2.29. The number of benzene rings is 2. The zero-order chi connectivity index (χ0) is 19.7. The van der Waals surface area contributed by atoms with Gasteiger partial charge in [0.05, 0.1) is 0 Å². The van der Waals surface area contributed by atoms with Crippen LogP contribution in [0.1, 0.15) is 38.4 Å². The van der Waals surface area contributed by atoms with E-state index in [9.17, 15) is 4.79 Å². The minimum Gasteiger partial charge on any atom is -0.336 e. The summed E-state index contributed by atoms with van der Waals surface area (Å²) in [5.74, 6) is 0.401. The zero-order valence-electron chi connectivity index (χ0n) is 16.5. The summed E-state index contributed by atoms with van der Waals surface area (Å²) in [4.78, 5) is 24.2. The van der Waals surface area contributed by atoms with E-state index < -0.39 is 0 Å². The summed E-state index contributed by atoms with van der Waals surface area (Å²) >= 11 is 0. The van der Waals surface area contributed by atoms with Crippen LogP contribution in [0.4, 0.5) is 11.6 Å². The lowest BCUT2D eigenvalue weighted by atomic mass is 10.0. The van der Waals surface area contributed by atoms with Crippen molar-refractivity contribution >= 4 is 17.5 Å². The van der Waals surface area contributed by atoms with Gasteiger partial charge in [0.25, 0.3) is 5.91 Å². The second-order valence-electron chi connectivity index (χ2n) is 7.34. The van der Waals surface area contributed by atoms with Crippen molar-refractivity contribution in [2.75, 3.05) is 16.8 Å². The molecule has 5 heteroatoms. The predicted octanol–water partition coefficient (Wildman–Crippen LogP) is 4.22. The summed E-state index contributed by atoms with van der Waals surface area (Å²) in [6, 6.07) is 16.1. The Morgan fingerprint density at radius 2 is 1.79 bits per heavy atom. The molecule has 0 unspecified atom stereocenters. The van der Waals surface area contributed by atoms with Gasteiger partial charge in [0, 0.05) is 24.5 Å². The first-order chi connectivity index (χ1) is 13.5. The van der Waals surface area contributed by atoms with Crippen LogP contribution in [-0.4, -0.2) is 22.4 Å². The van der Waals surface area contributed by atoms with Gasteiger partial charge in [-0.2, -0.15) is 0 Å². The first kappa shape index (κ1) is 18.2. The number of hydrogen-bond donors (Lipinski definition) is 1. The Balaban J connectivity index is 1.59. The molecule has 0 radical (unpaired) electrons. The van der Waals surface area contributed by atoms with Gasteiger partial charge in [0.15, 0.2) is 0 Å². The number of rotatable bonds is 3. The number of fused-ring (bicyclic) bond motifs is 1. The summed E-state index contributed by atoms with van der Waals surface area (Å²) in [5.41, 5.74) is 6.87. The Morgan fingerprint density at radius 1 is 1.00 bits per heavy atom. The van der Waals surface area contributed by atoms with Gasteiger partial charge in [-0.1, -0.05) is 36.4 Å². The molecule has 0 spiro atoms. The maximum atomic E-state index is 12.8. The van der Waals surface area contributed by atoms with E-state index in [4.69, 9.17) is 0 Å². The van der Waals surface area contributed by atoms with Gasteiger partial charge < -0.3 is 10.2 Å². The molecular weight excluding hydrogens is 348 g/mol. The maximum absolute atomic E-state index is 12.8. The summed E-state index contributed by atoms with van der Waals surface area (Å²) in [6.45, 7) is 7.55. The Bertz CT molecular complexity index is 1040. The third-order valence-electron chi connectivity index (χ3n) is 5.34. The van der Waals surface area contributed by atoms with Gasteiger partial charge in [-0.3, -0.25) is 4.79 Å². The lowest BCUT2D eigenvalue weighted by molar-refractivity contribution is 0.102. The molecule has 3 aromatic rings. The molecule has 0 atom stereocenters. The second kappa shape index (κ2) is 7.43. The van der Waals surface area contributed by atoms with Crippen molar-refractivity contribution in [3.8, 4) is 0 Å². The van der Waals surface area contributed by atoms with E-state index >= 15 is 0 Å². The topological polar surface area (TPSA) is 58.1 Å². The van der Waals surface area contributed by atoms with Crippen LogP contribution < -0.4 is 10.2 Å². The molecule has 1 amide bonds. The van der Waals surface area contributed by atoms with Crippen LogP contribution in [0.15, 0.2) is 48.5 Å². The quantitative estimate of drug-likeness (QED) is 0.748. The molecule has 1 aromatic heterocycles. The van der Waals surface area contributed by atoms with Crippen molar-refractivity contribution in [2.24, 2.45) is 0 Å². The van der Waals surface area contributed by atoms with E-state index in [1.165, 1.54) is 11.1 Å². The molecule has 1 N–H and O–H groups in total. The fourth-order valence-corrected chi connectivity index (χ4v) is 3.55. The molecule has 5 nitrogen and oxygen atoms in total. The van der Waals surface area contributed by atoms with Crippen LogP contribution in [0.2, 0.25) is 0 Å². The Hall–Kier alpha value is -3.21. The molecule has 1 aliphatic rings. The van der Waals surface area contributed by atoms with Crippen molar-refractivity contribution < 1.29 is 4.79 Å². The minimum absolute atomic E-state index is 0.210. The minimum atomic E-state index is -0.210. The zero-order valence-corrected chi connectivity index (χ0v) is 16.5. The molecule has 28 heavy (non-hydrogen) atoms. The normalized spacial score (nSPS) is 13.2. The van der Waals surface area contributed by atoms with Gasteiger partial charge in [-0.25, -0.2) is 9.97 Å². The first-order valence-electron chi connectivity index (χ1n) is 9.56. The summed E-state index contributed by atoms with van der Waals surface area (Å²) in [6.07, 6.45) is 0.956. The van der Waals surface area contributed by atoms with Crippen LogP contribution in [-0.2, 0) is 13.0 Å². The summed E-state index contributed by atoms with van der Waals surface area (Å²) in [5, 5.41) is 2.99. The standard InChI is InChI=1S/C23H24N4O/c1-15-7-6-10-20(17(15)3)25-22(28)21-13-16(2)24-23(26-21)27-12-11-18-8-4-5-9-19(18)14-27/h4-10,13H,11-12,14H2,1-3H3,(H,25,28). The van der Waals surface area contributed by atoms with Crippen LogP contribution in [0, 0.1) is 20.8 Å². The molecule has 2 aromatic carbocycles. The number of nitrogens with zero attached hydrogens (tertiary/aromatic N) is 3. The highest BCUT2D eigenvalue weighted by Gasteiger charge is 2.20. The SMILES string of the molecule is Cc1cc(C(=O)Nc2cccc(C)c2C)nc(N2CCc3ccccc3C2)n1. The number of anilines is 2. The molecule has 0 aliphatic carbocycles. The highest BCUT2D eigenvalue weighted by molar-refractivity contribution is 6.03. The maximum Gasteiger partial charge on any atom is 0.274 e. The van der Waals surface area contributed by atoms with Gasteiger partial charge >= 0.3 is 0 Å². The number of nitrogens with one attached hydrogen (secondary N) is 1. The number of aromatic nitrogens is 2. The van der Waals surface area contributed by atoms with Gasteiger partial charge in [-0.15, -0.1) is 0 Å². The number of carbonyl (C=O) groups excluding carboxylic acids is 1. The van der Waals surface area contributed by atoms with Crippen LogP contribution in [0.5, 0.6) is 0 Å². The van der Waals surface area contributed by atoms with Gasteiger partial charge in [-0.05, 0) is 61.6 Å². The Morgan fingerprint density at radius 3 is 2.61 bits per heavy atom. The molecule has 0 saturated carbocycles. The van der Waals surface area contributed by atoms with Gasteiger partial charge in [0.1, 0.15) is 5.69 Å². The molecule has 0 fully saturated rings. The van der Waals surface area contributed by atoms with Crippen molar-refractivity contribution in [3.63, 3.8) is 0 Å².